The highest BCUT2D eigenvalue weighted by molar-refractivity contribution is 8.01. The summed E-state index contributed by atoms with van der Waals surface area (Å²) in [5.74, 6) is 3.81. The highest BCUT2D eigenvalue weighted by Gasteiger charge is 2.54. The van der Waals surface area contributed by atoms with Gasteiger partial charge in [0.25, 0.3) is 0 Å². The van der Waals surface area contributed by atoms with Crippen LogP contribution in [0.5, 0.6) is 0 Å². The molecule has 6 aliphatic rings. The largest absolute Gasteiger partial charge is 0.377 e. The quantitative estimate of drug-likeness (QED) is 0.400. The van der Waals surface area contributed by atoms with Gasteiger partial charge < -0.3 is 13.9 Å². The molecule has 4 bridgehead atoms. The minimum absolute atomic E-state index is 0.462. The van der Waals surface area contributed by atoms with E-state index in [1.165, 1.54) is 98.9 Å². The lowest BCUT2D eigenvalue weighted by molar-refractivity contribution is -0.148. The van der Waals surface area contributed by atoms with Crippen molar-refractivity contribution in [2.75, 3.05) is 37.1 Å². The van der Waals surface area contributed by atoms with Crippen molar-refractivity contribution >= 4 is 28.4 Å². The molecule has 3 nitrogen and oxygen atoms in total. The Balaban J connectivity index is 0.985. The van der Waals surface area contributed by atoms with Crippen LogP contribution in [0.2, 0.25) is 0 Å². The Morgan fingerprint density at radius 2 is 1.65 bits per heavy atom. The van der Waals surface area contributed by atoms with E-state index >= 15 is 0 Å². The van der Waals surface area contributed by atoms with Gasteiger partial charge in [-0.3, -0.25) is 0 Å². The normalized spacial score (nSPS) is 33.8. The second-order valence-corrected chi connectivity index (χ2v) is 13.3. The predicted molar refractivity (Wildman–Crippen MR) is 142 cm³/mol. The second kappa shape index (κ2) is 8.71. The Bertz CT molecular complexity index is 1000. The van der Waals surface area contributed by atoms with E-state index in [9.17, 15) is 0 Å². The van der Waals surface area contributed by atoms with Crippen LogP contribution in [0, 0.1) is 29.1 Å². The van der Waals surface area contributed by atoms with Gasteiger partial charge >= 0.3 is 0 Å². The van der Waals surface area contributed by atoms with Crippen LogP contribution in [0.15, 0.2) is 41.3 Å². The van der Waals surface area contributed by atoms with E-state index in [4.69, 9.17) is 4.74 Å². The van der Waals surface area contributed by atoms with Gasteiger partial charge in [0.05, 0.1) is 11.8 Å². The van der Waals surface area contributed by atoms with Crippen LogP contribution in [-0.4, -0.2) is 43.8 Å². The molecule has 2 aliphatic heterocycles. The molecular weight excluding hydrogens is 436 g/mol. The van der Waals surface area contributed by atoms with E-state index < -0.39 is 0 Å². The molecule has 0 radical (unpaired) electrons. The van der Waals surface area contributed by atoms with Crippen LogP contribution < -0.4 is 4.31 Å². The van der Waals surface area contributed by atoms with E-state index in [1.54, 1.807) is 0 Å². The zero-order valence-electron chi connectivity index (χ0n) is 20.8. The second-order valence-electron chi connectivity index (χ2n) is 12.3. The summed E-state index contributed by atoms with van der Waals surface area (Å²) in [4.78, 5) is 4.20. The van der Waals surface area contributed by atoms with E-state index in [0.29, 0.717) is 11.5 Å². The molecule has 0 spiro atoms. The zero-order chi connectivity index (χ0) is 22.7. The van der Waals surface area contributed by atoms with Crippen LogP contribution in [-0.2, 0) is 4.74 Å². The lowest BCUT2D eigenvalue weighted by Gasteiger charge is -2.59. The van der Waals surface area contributed by atoms with Crippen molar-refractivity contribution < 1.29 is 4.74 Å². The van der Waals surface area contributed by atoms with E-state index in [2.05, 4.69) is 52.5 Å². The molecule has 8 rings (SSSR count). The average Bonchev–Trinajstić information content (AvgIpc) is 3.18. The van der Waals surface area contributed by atoms with Crippen molar-refractivity contribution in [1.29, 1.82) is 0 Å². The van der Waals surface area contributed by atoms with Gasteiger partial charge in [-0.25, -0.2) is 0 Å². The Morgan fingerprint density at radius 1 is 0.971 bits per heavy atom. The maximum atomic E-state index is 6.58. The van der Waals surface area contributed by atoms with Crippen LogP contribution in [0.3, 0.4) is 0 Å². The van der Waals surface area contributed by atoms with E-state index in [-0.39, 0.29) is 0 Å². The molecule has 2 aromatic carbocycles. The molecule has 2 heterocycles. The van der Waals surface area contributed by atoms with Crippen LogP contribution in [0.25, 0.3) is 10.8 Å². The number of nitrogens with zero attached hydrogens (tertiary/aromatic N) is 2. The predicted octanol–water partition coefficient (Wildman–Crippen LogP) is 7.00. The summed E-state index contributed by atoms with van der Waals surface area (Å²) in [7, 11) is 0. The highest BCUT2D eigenvalue weighted by atomic mass is 32.2. The number of rotatable bonds is 7. The first-order valence-corrected chi connectivity index (χ1v) is 14.8. The van der Waals surface area contributed by atoms with Crippen molar-refractivity contribution in [3.63, 3.8) is 0 Å². The maximum Gasteiger partial charge on any atom is 0.0758 e. The van der Waals surface area contributed by atoms with Crippen molar-refractivity contribution in [2.45, 2.75) is 69.3 Å². The molecule has 1 atom stereocenters. The number of anilines is 1. The molecule has 1 unspecified atom stereocenters. The Kier molecular flexibility index (Phi) is 5.64. The minimum atomic E-state index is 0.462. The highest BCUT2D eigenvalue weighted by Crippen LogP contribution is 2.62. The molecule has 0 amide bonds. The molecule has 1 saturated heterocycles. The summed E-state index contributed by atoms with van der Waals surface area (Å²) in [5, 5.41) is 2.84. The minimum Gasteiger partial charge on any atom is -0.377 e. The average molecular weight is 477 g/mol. The zero-order valence-corrected chi connectivity index (χ0v) is 21.6. The van der Waals surface area contributed by atoms with Gasteiger partial charge in [-0.15, -0.1) is 0 Å². The molecular formula is C30H40N2OS. The third kappa shape index (κ3) is 3.79. The first-order valence-electron chi connectivity index (χ1n) is 14.0. The Labute approximate surface area is 209 Å². The number of hydrogen-bond donors (Lipinski definition) is 0. The van der Waals surface area contributed by atoms with Crippen molar-refractivity contribution in [2.24, 2.45) is 29.1 Å². The molecule has 2 aromatic rings. The lowest BCUT2D eigenvalue weighted by Crippen LogP contribution is -2.56. The van der Waals surface area contributed by atoms with Crippen molar-refractivity contribution in [1.82, 2.24) is 4.90 Å². The number of piperidine rings is 1. The van der Waals surface area contributed by atoms with Gasteiger partial charge in [-0.2, -0.15) is 0 Å². The topological polar surface area (TPSA) is 15.7 Å². The standard InChI is InChI=1S/C30H40N2OS/c1-2-33-28(30-16-22-13-23(17-30)15-24(14-22)18-30)20-31-11-9-21(10-12-31)19-32-26-7-3-5-25-6-4-8-27(34-32)29(25)26/h3-8,21-24,28H,2,9-20H2,1H3. The molecule has 34 heavy (non-hydrogen) atoms. The SMILES string of the molecule is CCOC(CN1CCC(CN2Sc3cccc4cccc2c34)CC1)C12CC3CC(CC(C3)C1)C2. The van der Waals surface area contributed by atoms with Gasteiger partial charge in [0.2, 0.25) is 0 Å². The molecule has 182 valence electrons. The molecule has 0 N–H and O–H groups in total. The first kappa shape index (κ1) is 22.0. The number of likely N-dealkylation sites (tertiary alicyclic amines) is 1. The number of hydrogen-bond acceptors (Lipinski definition) is 4. The van der Waals surface area contributed by atoms with E-state index in [1.807, 2.05) is 11.9 Å². The molecule has 0 aromatic heterocycles. The number of benzene rings is 2. The van der Waals surface area contributed by atoms with Crippen LogP contribution >= 0.6 is 11.9 Å². The summed E-state index contributed by atoms with van der Waals surface area (Å²) >= 11 is 1.96. The van der Waals surface area contributed by atoms with Gasteiger partial charge in [0.15, 0.2) is 0 Å². The maximum absolute atomic E-state index is 6.58. The summed E-state index contributed by atoms with van der Waals surface area (Å²) in [5.41, 5.74) is 1.93. The summed E-state index contributed by atoms with van der Waals surface area (Å²) in [6, 6.07) is 13.5. The third-order valence-corrected chi connectivity index (χ3v) is 11.1. The summed E-state index contributed by atoms with van der Waals surface area (Å²) in [6.07, 6.45) is 12.0. The van der Waals surface area contributed by atoms with Gasteiger partial charge in [0, 0.05) is 30.0 Å². The lowest BCUT2D eigenvalue weighted by atomic mass is 9.48. The monoisotopic (exact) mass is 476 g/mol. The van der Waals surface area contributed by atoms with Crippen LogP contribution in [0.1, 0.15) is 58.3 Å². The number of ether oxygens (including phenoxy) is 1. The summed E-state index contributed by atoms with van der Waals surface area (Å²) in [6.45, 7) is 7.94. The third-order valence-electron chi connectivity index (χ3n) is 10.0. The fourth-order valence-electron chi connectivity index (χ4n) is 8.89. The fraction of sp³-hybridized carbons (Fsp3) is 0.667. The Hall–Kier alpha value is -1.23. The molecule has 4 aliphatic carbocycles. The van der Waals surface area contributed by atoms with Gasteiger partial charge in [-0.1, -0.05) is 24.3 Å². The first-order chi connectivity index (χ1) is 16.7. The van der Waals surface area contributed by atoms with Gasteiger partial charge in [-0.05, 0) is 130 Å². The summed E-state index contributed by atoms with van der Waals surface area (Å²) < 4.78 is 9.16. The Morgan fingerprint density at radius 3 is 2.32 bits per heavy atom. The van der Waals surface area contributed by atoms with Crippen molar-refractivity contribution in [3.05, 3.63) is 36.4 Å². The fourth-order valence-corrected chi connectivity index (χ4v) is 10.1. The molecule has 4 heteroatoms. The van der Waals surface area contributed by atoms with Crippen molar-refractivity contribution in [3.8, 4) is 0 Å². The molecule has 5 fully saturated rings. The van der Waals surface area contributed by atoms with Crippen LogP contribution in [0.4, 0.5) is 5.69 Å². The molecule has 4 saturated carbocycles. The van der Waals surface area contributed by atoms with Gasteiger partial charge in [0.1, 0.15) is 0 Å². The smallest absolute Gasteiger partial charge is 0.0758 e. The van der Waals surface area contributed by atoms with E-state index in [0.717, 1.165) is 30.3 Å².